The molecular weight excluding hydrogens is 294 g/mol. The average molecular weight is 313 g/mol. The number of thiophene rings is 1. The summed E-state index contributed by atoms with van der Waals surface area (Å²) in [5.74, 6) is 1.73. The third-order valence-electron chi connectivity index (χ3n) is 4.64. The Morgan fingerprint density at radius 1 is 1.32 bits per heavy atom. The third-order valence-corrected chi connectivity index (χ3v) is 5.72. The van der Waals surface area contributed by atoms with Crippen LogP contribution in [0, 0.1) is 12.8 Å². The van der Waals surface area contributed by atoms with Gasteiger partial charge in [-0.25, -0.2) is 15.0 Å². The van der Waals surface area contributed by atoms with Crippen LogP contribution in [-0.4, -0.2) is 32.6 Å². The Bertz CT molecular complexity index is 779. The van der Waals surface area contributed by atoms with Crippen molar-refractivity contribution in [1.82, 2.24) is 19.5 Å². The van der Waals surface area contributed by atoms with Gasteiger partial charge in [-0.3, -0.25) is 0 Å². The highest BCUT2D eigenvalue weighted by atomic mass is 32.1. The van der Waals surface area contributed by atoms with E-state index in [4.69, 9.17) is 0 Å². The molecule has 114 valence electrons. The van der Waals surface area contributed by atoms with Crippen LogP contribution in [0.4, 0.5) is 5.82 Å². The van der Waals surface area contributed by atoms with Gasteiger partial charge in [0.25, 0.3) is 0 Å². The standard InChI is InChI=1S/C16H19N5S/c1-11-3-5-20(7-13(11)21-6-4-17-10-21)16-15-14(18-9-19-16)12(2)8-22-15/h4,6,8-11,13H,3,5,7H2,1-2H3/t11-,13+/m1/s1. The zero-order valence-corrected chi connectivity index (χ0v) is 13.6. The van der Waals surface area contributed by atoms with Crippen molar-refractivity contribution in [3.05, 3.63) is 36.0 Å². The second kappa shape index (κ2) is 5.35. The molecule has 22 heavy (non-hydrogen) atoms. The van der Waals surface area contributed by atoms with Gasteiger partial charge in [0.15, 0.2) is 0 Å². The number of hydrogen-bond donors (Lipinski definition) is 0. The van der Waals surface area contributed by atoms with Crippen LogP contribution in [0.25, 0.3) is 10.2 Å². The molecule has 1 fully saturated rings. The minimum Gasteiger partial charge on any atom is -0.353 e. The molecule has 0 bridgehead atoms. The molecular formula is C16H19N5S. The van der Waals surface area contributed by atoms with E-state index >= 15 is 0 Å². The van der Waals surface area contributed by atoms with Gasteiger partial charge >= 0.3 is 0 Å². The van der Waals surface area contributed by atoms with E-state index in [1.165, 1.54) is 16.7 Å². The summed E-state index contributed by atoms with van der Waals surface area (Å²) in [5.41, 5.74) is 2.33. The SMILES string of the molecule is Cc1csc2c(N3CC[C@@H](C)[C@@H](n4ccnc4)C3)ncnc12. The average Bonchev–Trinajstić information content (AvgIpc) is 3.18. The maximum atomic E-state index is 4.59. The van der Waals surface area contributed by atoms with Gasteiger partial charge in [0.1, 0.15) is 12.1 Å². The largest absolute Gasteiger partial charge is 0.353 e. The lowest BCUT2D eigenvalue weighted by Gasteiger charge is -2.38. The fourth-order valence-electron chi connectivity index (χ4n) is 3.28. The fraction of sp³-hybridized carbons (Fsp3) is 0.438. The van der Waals surface area contributed by atoms with Gasteiger partial charge < -0.3 is 9.47 Å². The zero-order valence-electron chi connectivity index (χ0n) is 12.8. The first-order chi connectivity index (χ1) is 10.7. The molecule has 1 saturated heterocycles. The number of piperidine rings is 1. The Morgan fingerprint density at radius 3 is 3.05 bits per heavy atom. The summed E-state index contributed by atoms with van der Waals surface area (Å²) in [6, 6.07) is 0.447. The molecule has 5 nitrogen and oxygen atoms in total. The number of fused-ring (bicyclic) bond motifs is 1. The first kappa shape index (κ1) is 13.7. The van der Waals surface area contributed by atoms with Crippen LogP contribution in [0.2, 0.25) is 0 Å². The molecule has 1 aliphatic rings. The first-order valence-electron chi connectivity index (χ1n) is 7.65. The van der Waals surface area contributed by atoms with Crippen molar-refractivity contribution in [1.29, 1.82) is 0 Å². The molecule has 3 aromatic heterocycles. The molecule has 0 radical (unpaired) electrons. The van der Waals surface area contributed by atoms with Gasteiger partial charge in [0, 0.05) is 25.5 Å². The van der Waals surface area contributed by atoms with E-state index in [0.29, 0.717) is 12.0 Å². The fourth-order valence-corrected chi connectivity index (χ4v) is 4.30. The van der Waals surface area contributed by atoms with E-state index in [1.807, 2.05) is 12.5 Å². The van der Waals surface area contributed by atoms with E-state index in [1.54, 1.807) is 17.7 Å². The van der Waals surface area contributed by atoms with Crippen molar-refractivity contribution >= 4 is 27.4 Å². The number of rotatable bonds is 2. The second-order valence-electron chi connectivity index (χ2n) is 6.08. The van der Waals surface area contributed by atoms with Crippen LogP contribution in [0.3, 0.4) is 0 Å². The Morgan fingerprint density at radius 2 is 2.23 bits per heavy atom. The minimum atomic E-state index is 0.447. The Hall–Kier alpha value is -1.95. The van der Waals surface area contributed by atoms with Gasteiger partial charge in [0.05, 0.1) is 22.6 Å². The number of anilines is 1. The first-order valence-corrected chi connectivity index (χ1v) is 8.53. The maximum absolute atomic E-state index is 4.59. The predicted octanol–water partition coefficient (Wildman–Crippen LogP) is 3.28. The second-order valence-corrected chi connectivity index (χ2v) is 6.96. The van der Waals surface area contributed by atoms with Crippen LogP contribution < -0.4 is 4.90 Å². The lowest BCUT2D eigenvalue weighted by atomic mass is 9.93. The van der Waals surface area contributed by atoms with Gasteiger partial charge in [-0.05, 0) is 30.2 Å². The maximum Gasteiger partial charge on any atom is 0.150 e. The molecule has 0 aliphatic carbocycles. The summed E-state index contributed by atoms with van der Waals surface area (Å²) < 4.78 is 3.44. The quantitative estimate of drug-likeness (QED) is 0.728. The lowest BCUT2D eigenvalue weighted by molar-refractivity contribution is 0.298. The van der Waals surface area contributed by atoms with Crippen molar-refractivity contribution in [2.45, 2.75) is 26.3 Å². The smallest absolute Gasteiger partial charge is 0.150 e. The molecule has 0 aromatic carbocycles. The summed E-state index contributed by atoms with van der Waals surface area (Å²) in [6.07, 6.45) is 8.71. The molecule has 0 saturated carbocycles. The Balaban J connectivity index is 1.70. The molecule has 1 aliphatic heterocycles. The van der Waals surface area contributed by atoms with E-state index < -0.39 is 0 Å². The number of aryl methyl sites for hydroxylation is 1. The van der Waals surface area contributed by atoms with Crippen molar-refractivity contribution < 1.29 is 0 Å². The van der Waals surface area contributed by atoms with Crippen LogP contribution in [0.15, 0.2) is 30.4 Å². The number of aromatic nitrogens is 4. The van der Waals surface area contributed by atoms with E-state index in [9.17, 15) is 0 Å². The van der Waals surface area contributed by atoms with Crippen LogP contribution in [-0.2, 0) is 0 Å². The summed E-state index contributed by atoms with van der Waals surface area (Å²) in [5, 5.41) is 2.17. The lowest BCUT2D eigenvalue weighted by Crippen LogP contribution is -2.41. The number of nitrogens with zero attached hydrogens (tertiary/aromatic N) is 5. The molecule has 0 amide bonds. The normalized spacial score (nSPS) is 22.4. The van der Waals surface area contributed by atoms with Crippen LogP contribution in [0.1, 0.15) is 24.9 Å². The molecule has 4 heterocycles. The van der Waals surface area contributed by atoms with Crippen LogP contribution >= 0.6 is 11.3 Å². The monoisotopic (exact) mass is 313 g/mol. The number of imidazole rings is 1. The van der Waals surface area contributed by atoms with E-state index in [-0.39, 0.29) is 0 Å². The molecule has 0 N–H and O–H groups in total. The van der Waals surface area contributed by atoms with Crippen LogP contribution in [0.5, 0.6) is 0 Å². The van der Waals surface area contributed by atoms with E-state index in [0.717, 1.165) is 24.4 Å². The van der Waals surface area contributed by atoms with Crippen molar-refractivity contribution in [3.8, 4) is 0 Å². The predicted molar refractivity (Wildman–Crippen MR) is 89.4 cm³/mol. The molecule has 4 rings (SSSR count). The van der Waals surface area contributed by atoms with Gasteiger partial charge in [-0.1, -0.05) is 6.92 Å². The van der Waals surface area contributed by atoms with Crippen molar-refractivity contribution in [2.24, 2.45) is 5.92 Å². The summed E-state index contributed by atoms with van der Waals surface area (Å²) >= 11 is 1.75. The highest BCUT2D eigenvalue weighted by Gasteiger charge is 2.29. The molecule has 2 atom stereocenters. The molecule has 0 unspecified atom stereocenters. The Labute approximate surface area is 133 Å². The highest BCUT2D eigenvalue weighted by Crippen LogP contribution is 2.35. The minimum absolute atomic E-state index is 0.447. The third kappa shape index (κ3) is 2.18. The van der Waals surface area contributed by atoms with Gasteiger partial charge in [0.2, 0.25) is 0 Å². The Kier molecular flexibility index (Phi) is 3.33. The molecule has 6 heteroatoms. The summed E-state index contributed by atoms with van der Waals surface area (Å²) in [6.45, 7) is 6.46. The number of hydrogen-bond acceptors (Lipinski definition) is 5. The van der Waals surface area contributed by atoms with Crippen molar-refractivity contribution in [2.75, 3.05) is 18.0 Å². The van der Waals surface area contributed by atoms with E-state index in [2.05, 4.69) is 49.8 Å². The molecule has 3 aromatic rings. The molecule has 0 spiro atoms. The highest BCUT2D eigenvalue weighted by molar-refractivity contribution is 7.18. The van der Waals surface area contributed by atoms with Gasteiger partial charge in [-0.15, -0.1) is 11.3 Å². The van der Waals surface area contributed by atoms with Crippen molar-refractivity contribution in [3.63, 3.8) is 0 Å². The topological polar surface area (TPSA) is 46.8 Å². The zero-order chi connectivity index (χ0) is 15.1. The van der Waals surface area contributed by atoms with Gasteiger partial charge in [-0.2, -0.15) is 0 Å². The summed E-state index contributed by atoms with van der Waals surface area (Å²) in [4.78, 5) is 15.6. The summed E-state index contributed by atoms with van der Waals surface area (Å²) in [7, 11) is 0.